The summed E-state index contributed by atoms with van der Waals surface area (Å²) < 4.78 is 0. The van der Waals surface area contributed by atoms with E-state index in [1.165, 1.54) is 24.3 Å². The lowest BCUT2D eigenvalue weighted by atomic mass is 10.2. The first kappa shape index (κ1) is 12.2. The van der Waals surface area contributed by atoms with Crippen LogP contribution in [-0.2, 0) is 0 Å². The standard InChI is InChI=1S/C12H7N3O2/c13-8-11(9-14)5-1-3-10-4-2-6-12(7-10)15(16)17/h1-7H. The summed E-state index contributed by atoms with van der Waals surface area (Å²) in [6.07, 6.45) is 4.43. The summed E-state index contributed by atoms with van der Waals surface area (Å²) in [7, 11) is 0. The van der Waals surface area contributed by atoms with Crippen molar-refractivity contribution in [2.45, 2.75) is 0 Å². The Morgan fingerprint density at radius 3 is 2.65 bits per heavy atom. The van der Waals surface area contributed by atoms with Crippen molar-refractivity contribution in [3.8, 4) is 12.1 Å². The average molecular weight is 225 g/mol. The van der Waals surface area contributed by atoms with Crippen LogP contribution in [0.15, 0.2) is 42.0 Å². The Morgan fingerprint density at radius 1 is 1.35 bits per heavy atom. The molecule has 1 aromatic carbocycles. The van der Waals surface area contributed by atoms with Crippen molar-refractivity contribution in [3.05, 3.63) is 57.7 Å². The number of benzene rings is 1. The van der Waals surface area contributed by atoms with Gasteiger partial charge in [-0.05, 0) is 11.6 Å². The van der Waals surface area contributed by atoms with Gasteiger partial charge in [-0.3, -0.25) is 10.1 Å². The second-order valence-electron chi connectivity index (χ2n) is 3.02. The van der Waals surface area contributed by atoms with Gasteiger partial charge in [0.2, 0.25) is 0 Å². The quantitative estimate of drug-likeness (QED) is 0.342. The van der Waals surface area contributed by atoms with Gasteiger partial charge in [0, 0.05) is 12.1 Å². The van der Waals surface area contributed by atoms with Crippen molar-refractivity contribution in [2.24, 2.45) is 0 Å². The molecule has 0 unspecified atom stereocenters. The molecular weight excluding hydrogens is 218 g/mol. The van der Waals surface area contributed by atoms with Crippen LogP contribution in [0.1, 0.15) is 5.56 Å². The number of nitro groups is 1. The normalized spacial score (nSPS) is 9.29. The molecule has 17 heavy (non-hydrogen) atoms. The maximum Gasteiger partial charge on any atom is 0.270 e. The molecule has 0 aliphatic heterocycles. The van der Waals surface area contributed by atoms with Crippen molar-refractivity contribution in [1.82, 2.24) is 0 Å². The lowest BCUT2D eigenvalue weighted by Crippen LogP contribution is -1.87. The summed E-state index contributed by atoms with van der Waals surface area (Å²) in [5.41, 5.74) is 0.606. The second-order valence-corrected chi connectivity index (χ2v) is 3.02. The third-order valence-electron chi connectivity index (χ3n) is 1.87. The van der Waals surface area contributed by atoms with Crippen LogP contribution in [0.4, 0.5) is 5.69 Å². The van der Waals surface area contributed by atoms with Crippen LogP contribution >= 0.6 is 0 Å². The molecule has 1 aromatic rings. The highest BCUT2D eigenvalue weighted by Crippen LogP contribution is 2.14. The van der Waals surface area contributed by atoms with E-state index in [1.54, 1.807) is 30.3 Å². The van der Waals surface area contributed by atoms with Crippen molar-refractivity contribution in [1.29, 1.82) is 10.5 Å². The summed E-state index contributed by atoms with van der Waals surface area (Å²) >= 11 is 0. The molecule has 0 saturated carbocycles. The maximum absolute atomic E-state index is 10.5. The van der Waals surface area contributed by atoms with Gasteiger partial charge >= 0.3 is 0 Å². The summed E-state index contributed by atoms with van der Waals surface area (Å²) in [4.78, 5) is 10.0. The minimum atomic E-state index is -0.483. The number of hydrogen-bond acceptors (Lipinski definition) is 4. The summed E-state index contributed by atoms with van der Waals surface area (Å²) in [6.45, 7) is 0. The van der Waals surface area contributed by atoms with Crippen LogP contribution in [0, 0.1) is 32.8 Å². The van der Waals surface area contributed by atoms with Crippen LogP contribution in [0.25, 0.3) is 6.08 Å². The fourth-order valence-corrected chi connectivity index (χ4v) is 1.10. The fourth-order valence-electron chi connectivity index (χ4n) is 1.10. The van der Waals surface area contributed by atoms with Crippen molar-refractivity contribution < 1.29 is 4.92 Å². The zero-order valence-electron chi connectivity index (χ0n) is 8.70. The largest absolute Gasteiger partial charge is 0.270 e. The number of non-ortho nitro benzene ring substituents is 1. The Bertz CT molecular complexity index is 558. The molecular formula is C12H7N3O2. The molecule has 0 fully saturated rings. The molecule has 0 bridgehead atoms. The number of allylic oxidation sites excluding steroid dienone is 3. The van der Waals surface area contributed by atoms with Gasteiger partial charge in [-0.15, -0.1) is 0 Å². The van der Waals surface area contributed by atoms with Gasteiger partial charge in [-0.1, -0.05) is 24.3 Å². The molecule has 0 N–H and O–H groups in total. The second kappa shape index (κ2) is 5.84. The lowest BCUT2D eigenvalue weighted by molar-refractivity contribution is -0.384. The molecule has 82 valence electrons. The molecule has 0 aliphatic carbocycles. The van der Waals surface area contributed by atoms with E-state index in [-0.39, 0.29) is 11.3 Å². The third-order valence-corrected chi connectivity index (χ3v) is 1.87. The van der Waals surface area contributed by atoms with E-state index in [9.17, 15) is 10.1 Å². The zero-order valence-corrected chi connectivity index (χ0v) is 8.70. The van der Waals surface area contributed by atoms with E-state index >= 15 is 0 Å². The van der Waals surface area contributed by atoms with E-state index in [0.29, 0.717) is 5.56 Å². The van der Waals surface area contributed by atoms with Crippen LogP contribution in [0.5, 0.6) is 0 Å². The summed E-state index contributed by atoms with van der Waals surface area (Å²) in [5.74, 6) is 0. The van der Waals surface area contributed by atoms with Crippen LogP contribution < -0.4 is 0 Å². The highest BCUT2D eigenvalue weighted by atomic mass is 16.6. The molecule has 0 saturated heterocycles. The predicted octanol–water partition coefficient (Wildman–Crippen LogP) is 2.58. The average Bonchev–Trinajstić information content (AvgIpc) is 2.35. The fraction of sp³-hybridized carbons (Fsp3) is 0. The Morgan fingerprint density at radius 2 is 2.06 bits per heavy atom. The van der Waals surface area contributed by atoms with Crippen molar-refractivity contribution >= 4 is 11.8 Å². The summed E-state index contributed by atoms with van der Waals surface area (Å²) in [6, 6.07) is 9.47. The van der Waals surface area contributed by atoms with Crippen LogP contribution in [-0.4, -0.2) is 4.92 Å². The molecule has 0 amide bonds. The number of nitro benzene ring substituents is 1. The molecule has 0 radical (unpaired) electrons. The van der Waals surface area contributed by atoms with E-state index < -0.39 is 4.92 Å². The van der Waals surface area contributed by atoms with Crippen LogP contribution in [0.2, 0.25) is 0 Å². The van der Waals surface area contributed by atoms with E-state index in [1.807, 2.05) is 0 Å². The number of nitrogens with zero attached hydrogens (tertiary/aromatic N) is 3. The van der Waals surface area contributed by atoms with E-state index in [2.05, 4.69) is 0 Å². The van der Waals surface area contributed by atoms with E-state index in [0.717, 1.165) is 0 Å². The van der Waals surface area contributed by atoms with Gasteiger partial charge in [-0.25, -0.2) is 0 Å². The maximum atomic E-state index is 10.5. The van der Waals surface area contributed by atoms with Gasteiger partial charge in [0.25, 0.3) is 5.69 Å². The molecule has 0 spiro atoms. The van der Waals surface area contributed by atoms with Gasteiger partial charge in [0.15, 0.2) is 0 Å². The molecule has 1 rings (SSSR count). The zero-order chi connectivity index (χ0) is 12.7. The van der Waals surface area contributed by atoms with Crippen LogP contribution in [0.3, 0.4) is 0 Å². The third kappa shape index (κ3) is 3.61. The number of rotatable bonds is 3. The van der Waals surface area contributed by atoms with Crippen molar-refractivity contribution in [2.75, 3.05) is 0 Å². The van der Waals surface area contributed by atoms with Gasteiger partial charge in [0.1, 0.15) is 17.7 Å². The Kier molecular flexibility index (Phi) is 4.17. The monoisotopic (exact) mass is 225 g/mol. The molecule has 0 aliphatic rings. The smallest absolute Gasteiger partial charge is 0.258 e. The Hall–Kier alpha value is -2.92. The van der Waals surface area contributed by atoms with Gasteiger partial charge < -0.3 is 0 Å². The first-order valence-corrected chi connectivity index (χ1v) is 4.60. The first-order chi connectivity index (χ1) is 8.17. The molecule has 5 nitrogen and oxygen atoms in total. The Labute approximate surface area is 97.7 Å². The highest BCUT2D eigenvalue weighted by molar-refractivity contribution is 5.56. The van der Waals surface area contributed by atoms with Crippen molar-refractivity contribution in [3.63, 3.8) is 0 Å². The minimum Gasteiger partial charge on any atom is -0.258 e. The topological polar surface area (TPSA) is 90.7 Å². The molecule has 0 atom stereocenters. The number of nitriles is 2. The Balaban J connectivity index is 2.91. The van der Waals surface area contributed by atoms with Gasteiger partial charge in [-0.2, -0.15) is 10.5 Å². The SMILES string of the molecule is N#CC(C#N)=CC=Cc1cccc([N+](=O)[O-])c1. The highest BCUT2D eigenvalue weighted by Gasteiger charge is 2.03. The minimum absolute atomic E-state index is 0.00285. The predicted molar refractivity (Wildman–Crippen MR) is 61.4 cm³/mol. The summed E-state index contributed by atoms with van der Waals surface area (Å²) in [5, 5.41) is 27.5. The van der Waals surface area contributed by atoms with Gasteiger partial charge in [0.05, 0.1) is 4.92 Å². The number of hydrogen-bond donors (Lipinski definition) is 0. The molecule has 0 heterocycles. The lowest BCUT2D eigenvalue weighted by Gasteiger charge is -1.93. The molecule has 5 heteroatoms. The molecule has 0 aromatic heterocycles. The first-order valence-electron chi connectivity index (χ1n) is 4.60. The van der Waals surface area contributed by atoms with E-state index in [4.69, 9.17) is 10.5 Å².